The molecule has 0 bridgehead atoms. The van der Waals surface area contributed by atoms with E-state index in [9.17, 15) is 14.7 Å². The molecule has 2 aromatic carbocycles. The van der Waals surface area contributed by atoms with E-state index in [0.717, 1.165) is 27.4 Å². The van der Waals surface area contributed by atoms with Gasteiger partial charge >= 0.3 is 5.97 Å². The summed E-state index contributed by atoms with van der Waals surface area (Å²) in [5.41, 5.74) is 3.57. The van der Waals surface area contributed by atoms with Gasteiger partial charge in [-0.25, -0.2) is 9.78 Å². The van der Waals surface area contributed by atoms with E-state index in [2.05, 4.69) is 15.3 Å². The number of carbonyl (C=O) groups is 2. The fraction of sp³-hybridized carbons (Fsp3) is 0.136. The molecule has 0 radical (unpaired) electrons. The highest BCUT2D eigenvalue weighted by Gasteiger charge is 2.22. The van der Waals surface area contributed by atoms with E-state index in [1.807, 2.05) is 61.5 Å². The molecule has 28 heavy (non-hydrogen) atoms. The minimum Gasteiger partial charge on any atom is -0.480 e. The number of nitrogens with one attached hydrogen (secondary N) is 2. The van der Waals surface area contributed by atoms with Crippen LogP contribution in [0.3, 0.4) is 0 Å². The van der Waals surface area contributed by atoms with Gasteiger partial charge in [0.1, 0.15) is 11.7 Å². The first-order valence-electron chi connectivity index (χ1n) is 8.98. The van der Waals surface area contributed by atoms with Gasteiger partial charge in [-0.1, -0.05) is 48.5 Å². The van der Waals surface area contributed by atoms with Gasteiger partial charge in [0.15, 0.2) is 0 Å². The average Bonchev–Trinajstić information content (AvgIpc) is 3.07. The van der Waals surface area contributed by atoms with Crippen LogP contribution in [0.25, 0.3) is 21.8 Å². The maximum Gasteiger partial charge on any atom is 0.326 e. The fourth-order valence-electron chi connectivity index (χ4n) is 3.40. The summed E-state index contributed by atoms with van der Waals surface area (Å²) in [5, 5.41) is 14.0. The van der Waals surface area contributed by atoms with Crippen molar-refractivity contribution in [1.29, 1.82) is 0 Å². The first-order chi connectivity index (χ1) is 13.5. The molecule has 0 aliphatic heterocycles. The number of hydrogen-bond acceptors (Lipinski definition) is 3. The molecule has 3 N–H and O–H groups in total. The molecule has 0 aliphatic rings. The van der Waals surface area contributed by atoms with Crippen LogP contribution in [-0.2, 0) is 11.2 Å². The summed E-state index contributed by atoms with van der Waals surface area (Å²) in [4.78, 5) is 32.1. The molecule has 4 rings (SSSR count). The van der Waals surface area contributed by atoms with E-state index in [1.165, 1.54) is 0 Å². The third kappa shape index (κ3) is 3.32. The SMILES string of the molecule is Cc1nc(C(=O)N[C@H](Cc2ccccc2)C(=O)O)cc2c1[nH]c1ccccc12. The first-order valence-corrected chi connectivity index (χ1v) is 8.98. The Labute approximate surface area is 161 Å². The number of nitrogens with zero attached hydrogens (tertiary/aromatic N) is 1. The number of hydrogen-bond donors (Lipinski definition) is 3. The van der Waals surface area contributed by atoms with Gasteiger partial charge in [0, 0.05) is 22.7 Å². The third-order valence-electron chi connectivity index (χ3n) is 4.80. The van der Waals surface area contributed by atoms with Crippen molar-refractivity contribution in [2.24, 2.45) is 0 Å². The first kappa shape index (κ1) is 17.7. The minimum absolute atomic E-state index is 0.203. The Bertz CT molecular complexity index is 1180. The molecule has 1 amide bonds. The zero-order chi connectivity index (χ0) is 19.7. The molecule has 0 aliphatic carbocycles. The summed E-state index contributed by atoms with van der Waals surface area (Å²) in [6, 6.07) is 17.7. The topological polar surface area (TPSA) is 95.1 Å². The second-order valence-corrected chi connectivity index (χ2v) is 6.74. The van der Waals surface area contributed by atoms with E-state index in [1.54, 1.807) is 6.07 Å². The van der Waals surface area contributed by atoms with Crippen molar-refractivity contribution < 1.29 is 14.7 Å². The summed E-state index contributed by atoms with van der Waals surface area (Å²) < 4.78 is 0. The molecule has 1 atom stereocenters. The molecule has 2 aromatic heterocycles. The summed E-state index contributed by atoms with van der Waals surface area (Å²) in [5.74, 6) is -1.58. The number of benzene rings is 2. The van der Waals surface area contributed by atoms with Crippen LogP contribution in [0.5, 0.6) is 0 Å². The van der Waals surface area contributed by atoms with Crippen LogP contribution in [0.1, 0.15) is 21.7 Å². The van der Waals surface area contributed by atoms with Crippen molar-refractivity contribution in [1.82, 2.24) is 15.3 Å². The molecule has 4 aromatic rings. The number of amides is 1. The molecule has 6 heteroatoms. The maximum atomic E-state index is 12.8. The van der Waals surface area contributed by atoms with Crippen molar-refractivity contribution in [2.45, 2.75) is 19.4 Å². The number of fused-ring (bicyclic) bond motifs is 3. The lowest BCUT2D eigenvalue weighted by atomic mass is 10.1. The highest BCUT2D eigenvalue weighted by atomic mass is 16.4. The quantitative estimate of drug-likeness (QED) is 0.499. The number of H-pyrrole nitrogens is 1. The van der Waals surface area contributed by atoms with Crippen LogP contribution in [0.15, 0.2) is 60.7 Å². The van der Waals surface area contributed by atoms with Gasteiger partial charge < -0.3 is 15.4 Å². The number of pyridine rings is 1. The molecule has 0 saturated carbocycles. The largest absolute Gasteiger partial charge is 0.480 e. The van der Waals surface area contributed by atoms with E-state index < -0.39 is 17.9 Å². The van der Waals surface area contributed by atoms with Crippen LogP contribution in [0.4, 0.5) is 0 Å². The van der Waals surface area contributed by atoms with Gasteiger partial charge in [0.25, 0.3) is 5.91 Å². The van der Waals surface area contributed by atoms with E-state index in [4.69, 9.17) is 0 Å². The Morgan fingerprint density at radius 1 is 1.07 bits per heavy atom. The summed E-state index contributed by atoms with van der Waals surface area (Å²) in [6.45, 7) is 1.83. The Kier molecular flexibility index (Phi) is 4.53. The van der Waals surface area contributed by atoms with Crippen LogP contribution in [0, 0.1) is 6.92 Å². The number of carbonyl (C=O) groups excluding carboxylic acids is 1. The fourth-order valence-corrected chi connectivity index (χ4v) is 3.40. The highest BCUT2D eigenvalue weighted by molar-refractivity contribution is 6.10. The number of para-hydroxylation sites is 1. The maximum absolute atomic E-state index is 12.8. The third-order valence-corrected chi connectivity index (χ3v) is 4.80. The Hall–Kier alpha value is -3.67. The molecular weight excluding hydrogens is 354 g/mol. The monoisotopic (exact) mass is 373 g/mol. The number of aryl methyl sites for hydroxylation is 1. The molecule has 140 valence electrons. The van der Waals surface area contributed by atoms with Gasteiger partial charge in [-0.3, -0.25) is 4.79 Å². The predicted molar refractivity (Wildman–Crippen MR) is 107 cm³/mol. The number of aromatic amines is 1. The standard InChI is InChI=1S/C22H19N3O3/c1-13-20-16(15-9-5-6-10-17(15)24-20)12-18(23-13)21(26)25-19(22(27)28)11-14-7-3-2-4-8-14/h2-10,12,19,24H,11H2,1H3,(H,25,26)(H,27,28)/t19-/m1/s1. The van der Waals surface area contributed by atoms with Gasteiger partial charge in [-0.05, 0) is 24.6 Å². The number of rotatable bonds is 5. The lowest BCUT2D eigenvalue weighted by molar-refractivity contribution is -0.139. The van der Waals surface area contributed by atoms with Crippen molar-refractivity contribution in [3.05, 3.63) is 77.6 Å². The predicted octanol–water partition coefficient (Wildman–Crippen LogP) is 3.45. The Morgan fingerprint density at radius 3 is 2.54 bits per heavy atom. The van der Waals surface area contributed by atoms with Crippen LogP contribution in [0.2, 0.25) is 0 Å². The van der Waals surface area contributed by atoms with Gasteiger partial charge in [0.05, 0.1) is 11.2 Å². The number of aromatic nitrogens is 2. The van der Waals surface area contributed by atoms with Gasteiger partial charge in [-0.2, -0.15) is 0 Å². The van der Waals surface area contributed by atoms with Crippen LogP contribution < -0.4 is 5.32 Å². The highest BCUT2D eigenvalue weighted by Crippen LogP contribution is 2.27. The molecule has 6 nitrogen and oxygen atoms in total. The molecule has 0 spiro atoms. The molecule has 0 saturated heterocycles. The Morgan fingerprint density at radius 2 is 1.79 bits per heavy atom. The lowest BCUT2D eigenvalue weighted by Gasteiger charge is -2.14. The van der Waals surface area contributed by atoms with Gasteiger partial charge in [0.2, 0.25) is 0 Å². The van der Waals surface area contributed by atoms with Crippen molar-refractivity contribution in [2.75, 3.05) is 0 Å². The van der Waals surface area contributed by atoms with E-state index in [0.29, 0.717) is 5.69 Å². The van der Waals surface area contributed by atoms with E-state index >= 15 is 0 Å². The Balaban J connectivity index is 1.65. The molecular formula is C22H19N3O3. The smallest absolute Gasteiger partial charge is 0.326 e. The van der Waals surface area contributed by atoms with Crippen molar-refractivity contribution in [3.8, 4) is 0 Å². The summed E-state index contributed by atoms with van der Waals surface area (Å²) in [7, 11) is 0. The van der Waals surface area contributed by atoms with Gasteiger partial charge in [-0.15, -0.1) is 0 Å². The number of aliphatic carboxylic acids is 1. The average molecular weight is 373 g/mol. The number of carboxylic acids is 1. The normalized spacial score (nSPS) is 12.2. The number of carboxylic acid groups (broad SMARTS) is 1. The molecule has 2 heterocycles. The van der Waals surface area contributed by atoms with Crippen LogP contribution >= 0.6 is 0 Å². The lowest BCUT2D eigenvalue weighted by Crippen LogP contribution is -2.42. The summed E-state index contributed by atoms with van der Waals surface area (Å²) >= 11 is 0. The minimum atomic E-state index is -1.08. The second kappa shape index (κ2) is 7.15. The zero-order valence-corrected chi connectivity index (χ0v) is 15.3. The van der Waals surface area contributed by atoms with Crippen molar-refractivity contribution >= 4 is 33.7 Å². The second-order valence-electron chi connectivity index (χ2n) is 6.74. The molecule has 0 fully saturated rings. The van der Waals surface area contributed by atoms with E-state index in [-0.39, 0.29) is 12.1 Å². The van der Waals surface area contributed by atoms with Crippen molar-refractivity contribution in [3.63, 3.8) is 0 Å². The van der Waals surface area contributed by atoms with Crippen LogP contribution in [-0.4, -0.2) is 33.0 Å². The molecule has 0 unspecified atom stereocenters. The zero-order valence-electron chi connectivity index (χ0n) is 15.3. The summed E-state index contributed by atoms with van der Waals surface area (Å²) in [6.07, 6.45) is 0.205.